The molecule has 0 aliphatic heterocycles. The van der Waals surface area contributed by atoms with Crippen molar-refractivity contribution in [1.82, 2.24) is 0 Å². The van der Waals surface area contributed by atoms with Crippen LogP contribution in [0.3, 0.4) is 0 Å². The zero-order chi connectivity index (χ0) is 16.4. The minimum atomic E-state index is -0.669. The summed E-state index contributed by atoms with van der Waals surface area (Å²) in [5.41, 5.74) is 0.752. The van der Waals surface area contributed by atoms with Crippen LogP contribution in [0.4, 0.5) is 5.69 Å². The van der Waals surface area contributed by atoms with E-state index in [1.54, 1.807) is 26.2 Å². The van der Waals surface area contributed by atoms with E-state index in [2.05, 4.69) is 12.2 Å². The number of carbonyl (C=O) groups excluding carboxylic acids is 2. The summed E-state index contributed by atoms with van der Waals surface area (Å²) in [6.07, 6.45) is 3.37. The normalized spacial score (nSPS) is 13.0. The molecule has 1 N–H and O–H groups in total. The molecule has 122 valence electrons. The van der Waals surface area contributed by atoms with E-state index in [-0.39, 0.29) is 0 Å². The van der Waals surface area contributed by atoms with E-state index < -0.39 is 17.9 Å². The van der Waals surface area contributed by atoms with Crippen molar-refractivity contribution >= 4 is 17.9 Å². The first-order valence-corrected chi connectivity index (χ1v) is 7.68. The highest BCUT2D eigenvalue weighted by Crippen LogP contribution is 2.20. The molecule has 1 aromatic carbocycles. The third-order valence-electron chi connectivity index (χ3n) is 3.45. The van der Waals surface area contributed by atoms with Crippen LogP contribution in [0.15, 0.2) is 24.3 Å². The summed E-state index contributed by atoms with van der Waals surface area (Å²) in [4.78, 5) is 23.5. The second-order valence-corrected chi connectivity index (χ2v) is 5.04. The lowest BCUT2D eigenvalue weighted by atomic mass is 9.95. The lowest BCUT2D eigenvalue weighted by Gasteiger charge is -2.23. The van der Waals surface area contributed by atoms with Gasteiger partial charge < -0.3 is 19.6 Å². The number of unbranched alkanes of at least 4 members (excludes halogenated alkanes) is 1. The van der Waals surface area contributed by atoms with Gasteiger partial charge in [-0.15, -0.1) is 0 Å². The third-order valence-corrected chi connectivity index (χ3v) is 3.45. The molecule has 0 heterocycles. The zero-order valence-electron chi connectivity index (χ0n) is 13.5. The highest BCUT2D eigenvalue weighted by molar-refractivity contribution is 5.83. The van der Waals surface area contributed by atoms with E-state index in [0.29, 0.717) is 13.0 Å². The molecule has 0 fully saturated rings. The van der Waals surface area contributed by atoms with Crippen LogP contribution in [0.5, 0.6) is 5.75 Å². The number of carbonyl (C=O) groups is 2. The van der Waals surface area contributed by atoms with Crippen molar-refractivity contribution < 1.29 is 19.1 Å². The molecule has 0 aliphatic carbocycles. The molecule has 0 radical (unpaired) electrons. The van der Waals surface area contributed by atoms with Crippen LogP contribution in [0.1, 0.15) is 33.1 Å². The standard InChI is InChI=1S/C17H25NO4/c1-4-6-7-13(12-19)16(17(20)22-5-2)18-14-8-10-15(21-3)11-9-14/h8-13,16,18H,4-7H2,1-3H3/t13-,16+/m1/s1. The van der Waals surface area contributed by atoms with Crippen LogP contribution in [-0.4, -0.2) is 32.0 Å². The predicted molar refractivity (Wildman–Crippen MR) is 86.1 cm³/mol. The topological polar surface area (TPSA) is 64.6 Å². The van der Waals surface area contributed by atoms with Gasteiger partial charge in [0.1, 0.15) is 18.1 Å². The fourth-order valence-corrected chi connectivity index (χ4v) is 2.19. The van der Waals surface area contributed by atoms with E-state index in [1.165, 1.54) is 0 Å². The van der Waals surface area contributed by atoms with Crippen molar-refractivity contribution in [2.75, 3.05) is 19.0 Å². The number of hydrogen-bond donors (Lipinski definition) is 1. The molecule has 5 heteroatoms. The zero-order valence-corrected chi connectivity index (χ0v) is 13.5. The molecule has 2 atom stereocenters. The number of aldehydes is 1. The molecular weight excluding hydrogens is 282 g/mol. The Kier molecular flexibility index (Phi) is 8.04. The van der Waals surface area contributed by atoms with Crippen LogP contribution in [0.2, 0.25) is 0 Å². The Balaban J connectivity index is 2.87. The summed E-state index contributed by atoms with van der Waals surface area (Å²) in [7, 11) is 1.59. The van der Waals surface area contributed by atoms with E-state index >= 15 is 0 Å². The van der Waals surface area contributed by atoms with Crippen LogP contribution in [-0.2, 0) is 14.3 Å². The summed E-state index contributed by atoms with van der Waals surface area (Å²) in [5, 5.41) is 3.11. The van der Waals surface area contributed by atoms with Gasteiger partial charge in [-0.2, -0.15) is 0 Å². The molecule has 0 unspecified atom stereocenters. The Labute approximate surface area is 132 Å². The molecule has 0 saturated carbocycles. The van der Waals surface area contributed by atoms with Crippen molar-refractivity contribution in [3.63, 3.8) is 0 Å². The van der Waals surface area contributed by atoms with E-state index in [9.17, 15) is 9.59 Å². The molecule has 0 amide bonds. The largest absolute Gasteiger partial charge is 0.497 e. The average Bonchev–Trinajstić information content (AvgIpc) is 2.55. The maximum atomic E-state index is 12.2. The smallest absolute Gasteiger partial charge is 0.329 e. The Morgan fingerprint density at radius 1 is 1.27 bits per heavy atom. The van der Waals surface area contributed by atoms with Gasteiger partial charge in [-0.1, -0.05) is 19.8 Å². The Bertz CT molecular complexity index is 458. The van der Waals surface area contributed by atoms with E-state index in [1.807, 2.05) is 12.1 Å². The summed E-state index contributed by atoms with van der Waals surface area (Å²) in [5.74, 6) is -0.0659. The van der Waals surface area contributed by atoms with Gasteiger partial charge in [-0.3, -0.25) is 0 Å². The first kappa shape index (κ1) is 18.0. The first-order valence-electron chi connectivity index (χ1n) is 7.68. The van der Waals surface area contributed by atoms with E-state index in [0.717, 1.165) is 30.6 Å². The number of esters is 1. The summed E-state index contributed by atoms with van der Waals surface area (Å²) >= 11 is 0. The molecule has 0 saturated heterocycles. The third kappa shape index (κ3) is 5.39. The Morgan fingerprint density at radius 3 is 2.45 bits per heavy atom. The van der Waals surface area contributed by atoms with Gasteiger partial charge in [0.05, 0.1) is 13.7 Å². The van der Waals surface area contributed by atoms with Crippen molar-refractivity contribution in [3.8, 4) is 5.75 Å². The highest BCUT2D eigenvalue weighted by Gasteiger charge is 2.29. The van der Waals surface area contributed by atoms with Gasteiger partial charge >= 0.3 is 5.97 Å². The molecular formula is C17H25NO4. The second-order valence-electron chi connectivity index (χ2n) is 5.04. The van der Waals surface area contributed by atoms with Crippen molar-refractivity contribution in [2.24, 2.45) is 5.92 Å². The second kappa shape index (κ2) is 9.82. The average molecular weight is 307 g/mol. The summed E-state index contributed by atoms with van der Waals surface area (Å²) in [6.45, 7) is 4.10. The van der Waals surface area contributed by atoms with Gasteiger partial charge in [0.2, 0.25) is 0 Å². The van der Waals surface area contributed by atoms with Gasteiger partial charge in [0.25, 0.3) is 0 Å². The SMILES string of the molecule is CCCC[C@H](C=O)[C@H](Nc1ccc(OC)cc1)C(=O)OCC. The molecule has 0 bridgehead atoms. The van der Waals surface area contributed by atoms with Crippen molar-refractivity contribution in [2.45, 2.75) is 39.2 Å². The van der Waals surface area contributed by atoms with Gasteiger partial charge in [-0.25, -0.2) is 4.79 Å². The van der Waals surface area contributed by atoms with Crippen LogP contribution >= 0.6 is 0 Å². The minimum absolute atomic E-state index is 0.291. The number of benzene rings is 1. The molecule has 1 rings (SSSR count). The van der Waals surface area contributed by atoms with Crippen molar-refractivity contribution in [1.29, 1.82) is 0 Å². The fourth-order valence-electron chi connectivity index (χ4n) is 2.19. The lowest BCUT2D eigenvalue weighted by molar-refractivity contribution is -0.146. The van der Waals surface area contributed by atoms with E-state index in [4.69, 9.17) is 9.47 Å². The highest BCUT2D eigenvalue weighted by atomic mass is 16.5. The molecule has 5 nitrogen and oxygen atoms in total. The number of nitrogens with one attached hydrogen (secondary N) is 1. The number of hydrogen-bond acceptors (Lipinski definition) is 5. The maximum absolute atomic E-state index is 12.2. The number of ether oxygens (including phenoxy) is 2. The summed E-state index contributed by atoms with van der Waals surface area (Å²) in [6, 6.07) is 6.55. The Morgan fingerprint density at radius 2 is 1.95 bits per heavy atom. The Hall–Kier alpha value is -2.04. The van der Waals surface area contributed by atoms with Gasteiger partial charge in [-0.05, 0) is 37.6 Å². The number of rotatable bonds is 10. The van der Waals surface area contributed by atoms with Crippen LogP contribution in [0, 0.1) is 5.92 Å². The molecule has 0 aromatic heterocycles. The first-order chi connectivity index (χ1) is 10.7. The van der Waals surface area contributed by atoms with Gasteiger partial charge in [0, 0.05) is 11.6 Å². The number of anilines is 1. The maximum Gasteiger partial charge on any atom is 0.329 e. The summed E-state index contributed by atoms with van der Waals surface area (Å²) < 4.78 is 10.2. The van der Waals surface area contributed by atoms with Crippen LogP contribution < -0.4 is 10.1 Å². The van der Waals surface area contributed by atoms with Gasteiger partial charge in [0.15, 0.2) is 0 Å². The molecule has 0 aliphatic rings. The lowest BCUT2D eigenvalue weighted by Crippen LogP contribution is -2.39. The van der Waals surface area contributed by atoms with Crippen molar-refractivity contribution in [3.05, 3.63) is 24.3 Å². The van der Waals surface area contributed by atoms with Crippen LogP contribution in [0.25, 0.3) is 0 Å². The molecule has 0 spiro atoms. The monoisotopic (exact) mass is 307 g/mol. The quantitative estimate of drug-likeness (QED) is 0.531. The minimum Gasteiger partial charge on any atom is -0.497 e. The number of methoxy groups -OCH3 is 1. The predicted octanol–water partition coefficient (Wildman–Crippen LogP) is 3.04. The molecule has 1 aromatic rings. The fraction of sp³-hybridized carbons (Fsp3) is 0.529. The molecule has 22 heavy (non-hydrogen) atoms.